The molecule has 0 radical (unpaired) electrons. The molecule has 0 spiro atoms. The predicted octanol–water partition coefficient (Wildman–Crippen LogP) is 3.07. The van der Waals surface area contributed by atoms with E-state index < -0.39 is 5.91 Å². The van der Waals surface area contributed by atoms with Crippen molar-refractivity contribution in [3.63, 3.8) is 0 Å². The molecule has 0 unspecified atom stereocenters. The van der Waals surface area contributed by atoms with E-state index >= 15 is 0 Å². The van der Waals surface area contributed by atoms with Gasteiger partial charge in [0.05, 0.1) is 6.21 Å². The smallest absolute Gasteiger partial charge is 0.277 e. The van der Waals surface area contributed by atoms with Crippen LogP contribution in [0.4, 0.5) is 4.39 Å². The van der Waals surface area contributed by atoms with Crippen molar-refractivity contribution in [3.05, 3.63) is 59.4 Å². The van der Waals surface area contributed by atoms with Crippen molar-refractivity contribution in [2.45, 2.75) is 25.9 Å². The van der Waals surface area contributed by atoms with Crippen molar-refractivity contribution >= 4 is 12.1 Å². The van der Waals surface area contributed by atoms with Gasteiger partial charge in [-0.1, -0.05) is 24.3 Å². The zero-order chi connectivity index (χ0) is 17.9. The highest BCUT2D eigenvalue weighted by Crippen LogP contribution is 2.41. The lowest BCUT2D eigenvalue weighted by atomic mass is 10.0. The Hall–Kier alpha value is -2.89. The average Bonchev–Trinajstić information content (AvgIpc) is 2.87. The van der Waals surface area contributed by atoms with Gasteiger partial charge in [0.25, 0.3) is 5.91 Å². The third kappa shape index (κ3) is 4.35. The third-order valence-electron chi connectivity index (χ3n) is 3.67. The van der Waals surface area contributed by atoms with Gasteiger partial charge in [-0.25, -0.2) is 9.82 Å². The fourth-order valence-electron chi connectivity index (χ4n) is 2.64. The van der Waals surface area contributed by atoms with Gasteiger partial charge in [-0.05, 0) is 37.6 Å². The van der Waals surface area contributed by atoms with E-state index in [1.807, 2.05) is 26.0 Å². The van der Waals surface area contributed by atoms with Gasteiger partial charge in [-0.15, -0.1) is 0 Å². The molecule has 1 heterocycles. The Morgan fingerprint density at radius 1 is 1.36 bits per heavy atom. The Morgan fingerprint density at radius 2 is 2.16 bits per heavy atom. The lowest BCUT2D eigenvalue weighted by molar-refractivity contribution is -0.123. The third-order valence-corrected chi connectivity index (χ3v) is 3.67. The minimum Gasteiger partial charge on any atom is -0.483 e. The maximum atomic E-state index is 13.0. The first-order chi connectivity index (χ1) is 11.9. The second-order valence-electron chi connectivity index (χ2n) is 6.42. The Bertz CT molecular complexity index is 818. The van der Waals surface area contributed by atoms with Crippen molar-refractivity contribution in [1.82, 2.24) is 5.43 Å². The molecule has 0 bridgehead atoms. The van der Waals surface area contributed by atoms with Gasteiger partial charge < -0.3 is 9.47 Å². The Labute approximate surface area is 145 Å². The monoisotopic (exact) mass is 342 g/mol. The number of nitrogens with one attached hydrogen (secondary N) is 1. The van der Waals surface area contributed by atoms with Gasteiger partial charge in [-0.2, -0.15) is 5.10 Å². The number of rotatable bonds is 5. The van der Waals surface area contributed by atoms with Crippen molar-refractivity contribution < 1.29 is 18.7 Å². The van der Waals surface area contributed by atoms with Crippen LogP contribution >= 0.6 is 0 Å². The number of hydrogen-bond acceptors (Lipinski definition) is 4. The number of carbonyl (C=O) groups is 1. The molecule has 5 nitrogen and oxygen atoms in total. The van der Waals surface area contributed by atoms with Crippen LogP contribution in [0.25, 0.3) is 0 Å². The van der Waals surface area contributed by atoms with Gasteiger partial charge in [-0.3, -0.25) is 4.79 Å². The van der Waals surface area contributed by atoms with Crippen LogP contribution in [0.15, 0.2) is 47.6 Å². The highest BCUT2D eigenvalue weighted by Gasteiger charge is 2.32. The highest BCUT2D eigenvalue weighted by molar-refractivity contribution is 5.82. The number of para-hydroxylation sites is 1. The predicted molar refractivity (Wildman–Crippen MR) is 92.5 cm³/mol. The molecule has 0 saturated heterocycles. The second-order valence-corrected chi connectivity index (χ2v) is 6.42. The molecule has 3 rings (SSSR count). The van der Waals surface area contributed by atoms with E-state index in [0.29, 0.717) is 17.1 Å². The zero-order valence-corrected chi connectivity index (χ0v) is 14.1. The van der Waals surface area contributed by atoms with Gasteiger partial charge in [0.15, 0.2) is 18.1 Å². The van der Waals surface area contributed by atoms with Crippen molar-refractivity contribution in [3.8, 4) is 11.5 Å². The molecule has 1 aliphatic rings. The zero-order valence-electron chi connectivity index (χ0n) is 14.1. The number of nitrogens with zero attached hydrogens (tertiary/aromatic N) is 1. The van der Waals surface area contributed by atoms with E-state index in [2.05, 4.69) is 10.5 Å². The summed E-state index contributed by atoms with van der Waals surface area (Å²) < 4.78 is 24.5. The fraction of sp³-hybridized carbons (Fsp3) is 0.263. The highest BCUT2D eigenvalue weighted by atomic mass is 19.1. The van der Waals surface area contributed by atoms with Crippen LogP contribution in [0.1, 0.15) is 25.0 Å². The number of benzene rings is 2. The molecule has 2 aromatic rings. The maximum absolute atomic E-state index is 13.0. The van der Waals surface area contributed by atoms with Crippen LogP contribution in [0.3, 0.4) is 0 Å². The maximum Gasteiger partial charge on any atom is 0.277 e. The van der Waals surface area contributed by atoms with E-state index in [-0.39, 0.29) is 18.0 Å². The van der Waals surface area contributed by atoms with Gasteiger partial charge >= 0.3 is 0 Å². The molecule has 1 aliphatic heterocycles. The number of hydrogen-bond donors (Lipinski definition) is 1. The standard InChI is InChI=1S/C19H19FN2O3/c1-19(2)10-14-6-4-8-16(18(14)25-19)24-12-17(23)22-21-11-13-5-3-7-15(20)9-13/h3-9,11H,10,12H2,1-2H3,(H,22,23). The minimum absolute atomic E-state index is 0.194. The first-order valence-corrected chi connectivity index (χ1v) is 7.94. The Morgan fingerprint density at radius 3 is 2.96 bits per heavy atom. The van der Waals surface area contributed by atoms with Crippen LogP contribution in [-0.4, -0.2) is 24.3 Å². The average molecular weight is 342 g/mol. The SMILES string of the molecule is CC1(C)Cc2cccc(OCC(=O)NN=Cc3cccc(F)c3)c2O1. The quantitative estimate of drug-likeness (QED) is 0.671. The fourth-order valence-corrected chi connectivity index (χ4v) is 2.64. The van der Waals surface area contributed by atoms with Crippen LogP contribution in [-0.2, 0) is 11.2 Å². The molecule has 0 atom stereocenters. The summed E-state index contributed by atoms with van der Waals surface area (Å²) in [5.41, 5.74) is 3.68. The van der Waals surface area contributed by atoms with Crippen molar-refractivity contribution in [2.75, 3.05) is 6.61 Å². The van der Waals surface area contributed by atoms with Crippen LogP contribution < -0.4 is 14.9 Å². The van der Waals surface area contributed by atoms with E-state index in [4.69, 9.17) is 9.47 Å². The van der Waals surface area contributed by atoms with E-state index in [1.165, 1.54) is 18.3 Å². The summed E-state index contributed by atoms with van der Waals surface area (Å²) in [6, 6.07) is 11.5. The van der Waals surface area contributed by atoms with Crippen LogP contribution in [0, 0.1) is 5.82 Å². The first-order valence-electron chi connectivity index (χ1n) is 7.94. The summed E-state index contributed by atoms with van der Waals surface area (Å²) in [6.45, 7) is 3.82. The second kappa shape index (κ2) is 6.93. The number of fused-ring (bicyclic) bond motifs is 1. The molecular formula is C19H19FN2O3. The molecule has 0 aromatic heterocycles. The lowest BCUT2D eigenvalue weighted by Crippen LogP contribution is -2.26. The summed E-state index contributed by atoms with van der Waals surface area (Å²) in [6.07, 6.45) is 2.16. The summed E-state index contributed by atoms with van der Waals surface area (Å²) in [5.74, 6) is 0.442. The number of carbonyl (C=O) groups excluding carboxylic acids is 1. The molecule has 25 heavy (non-hydrogen) atoms. The molecule has 1 amide bonds. The largest absolute Gasteiger partial charge is 0.483 e. The van der Waals surface area contributed by atoms with E-state index in [1.54, 1.807) is 18.2 Å². The van der Waals surface area contributed by atoms with Gasteiger partial charge in [0, 0.05) is 12.0 Å². The van der Waals surface area contributed by atoms with E-state index in [0.717, 1.165) is 12.0 Å². The number of halogens is 1. The first kappa shape index (κ1) is 17.0. The Balaban J connectivity index is 1.55. The molecule has 2 aromatic carbocycles. The molecule has 0 fully saturated rings. The number of amides is 1. The normalized spacial score (nSPS) is 14.8. The van der Waals surface area contributed by atoms with Gasteiger partial charge in [0.1, 0.15) is 11.4 Å². The molecule has 130 valence electrons. The summed E-state index contributed by atoms with van der Waals surface area (Å²) in [4.78, 5) is 11.8. The summed E-state index contributed by atoms with van der Waals surface area (Å²) in [5, 5.41) is 3.79. The van der Waals surface area contributed by atoms with E-state index in [9.17, 15) is 9.18 Å². The Kier molecular flexibility index (Phi) is 4.70. The van der Waals surface area contributed by atoms with Crippen LogP contribution in [0.5, 0.6) is 11.5 Å². The van der Waals surface area contributed by atoms with Gasteiger partial charge in [0.2, 0.25) is 0 Å². The molecule has 6 heteroatoms. The molecule has 1 N–H and O–H groups in total. The summed E-state index contributed by atoms with van der Waals surface area (Å²) >= 11 is 0. The van der Waals surface area contributed by atoms with Crippen molar-refractivity contribution in [1.29, 1.82) is 0 Å². The molecule has 0 aliphatic carbocycles. The molecular weight excluding hydrogens is 323 g/mol. The lowest BCUT2D eigenvalue weighted by Gasteiger charge is -2.18. The number of ether oxygens (including phenoxy) is 2. The number of hydrazone groups is 1. The van der Waals surface area contributed by atoms with Crippen molar-refractivity contribution in [2.24, 2.45) is 5.10 Å². The molecule has 0 saturated carbocycles. The topological polar surface area (TPSA) is 59.9 Å². The summed E-state index contributed by atoms with van der Waals surface area (Å²) in [7, 11) is 0. The van der Waals surface area contributed by atoms with Crippen LogP contribution in [0.2, 0.25) is 0 Å². The minimum atomic E-state index is -0.414.